The van der Waals surface area contributed by atoms with E-state index in [-0.39, 0.29) is 0 Å². The van der Waals surface area contributed by atoms with Crippen molar-refractivity contribution >= 4 is 17.6 Å². The molecule has 0 aliphatic carbocycles. The lowest BCUT2D eigenvalue weighted by Crippen LogP contribution is -2.38. The number of halogens is 1. The third-order valence-corrected chi connectivity index (χ3v) is 3.07. The van der Waals surface area contributed by atoms with Gasteiger partial charge in [-0.3, -0.25) is 4.99 Å². The van der Waals surface area contributed by atoms with E-state index in [4.69, 9.17) is 16.3 Å². The van der Waals surface area contributed by atoms with Crippen molar-refractivity contribution in [3.05, 3.63) is 29.0 Å². The third-order valence-electron chi connectivity index (χ3n) is 2.85. The first-order valence-electron chi connectivity index (χ1n) is 7.24. The number of rotatable bonds is 8. The molecule has 1 aromatic rings. The van der Waals surface area contributed by atoms with E-state index >= 15 is 0 Å². The lowest BCUT2D eigenvalue weighted by molar-refractivity contribution is 0.128. The molecule has 5 nitrogen and oxygen atoms in total. The van der Waals surface area contributed by atoms with E-state index in [1.807, 2.05) is 6.07 Å². The van der Waals surface area contributed by atoms with Crippen molar-refractivity contribution < 1.29 is 4.74 Å². The molecule has 0 aromatic carbocycles. The van der Waals surface area contributed by atoms with Gasteiger partial charge in [0.2, 0.25) is 0 Å². The number of aliphatic imine (C=N–C) groups is 1. The number of hydrogen-bond acceptors (Lipinski definition) is 3. The Kier molecular flexibility index (Phi) is 8.78. The Balaban J connectivity index is 2.16. The summed E-state index contributed by atoms with van der Waals surface area (Å²) in [5.41, 5.74) is 1.05. The van der Waals surface area contributed by atoms with Crippen LogP contribution in [0.2, 0.25) is 5.15 Å². The molecular weight excluding hydrogens is 288 g/mol. The van der Waals surface area contributed by atoms with Crippen molar-refractivity contribution in [1.82, 2.24) is 15.6 Å². The van der Waals surface area contributed by atoms with Crippen LogP contribution in [0.3, 0.4) is 0 Å². The maximum absolute atomic E-state index is 5.75. The molecule has 0 amide bonds. The lowest BCUT2D eigenvalue weighted by Gasteiger charge is -2.12. The summed E-state index contributed by atoms with van der Waals surface area (Å²) >= 11 is 5.75. The quantitative estimate of drug-likeness (QED) is 0.335. The number of aromatic nitrogens is 1. The van der Waals surface area contributed by atoms with Gasteiger partial charge >= 0.3 is 0 Å². The van der Waals surface area contributed by atoms with Gasteiger partial charge in [0.25, 0.3) is 0 Å². The molecule has 21 heavy (non-hydrogen) atoms. The second kappa shape index (κ2) is 10.4. The fraction of sp³-hybridized carbons (Fsp3) is 0.600. The number of guanidine groups is 1. The van der Waals surface area contributed by atoms with Crippen LogP contribution < -0.4 is 10.6 Å². The van der Waals surface area contributed by atoms with Crippen LogP contribution in [0.25, 0.3) is 0 Å². The summed E-state index contributed by atoms with van der Waals surface area (Å²) in [7, 11) is 1.75. The molecule has 0 saturated heterocycles. The Morgan fingerprint density at radius 1 is 1.33 bits per heavy atom. The predicted octanol–water partition coefficient (Wildman–Crippen LogP) is 2.46. The van der Waals surface area contributed by atoms with Gasteiger partial charge in [0, 0.05) is 32.9 Å². The minimum atomic E-state index is 0.500. The molecule has 0 unspecified atom stereocenters. The molecule has 1 aromatic heterocycles. The Hall–Kier alpha value is -1.33. The zero-order valence-electron chi connectivity index (χ0n) is 13.0. The highest BCUT2D eigenvalue weighted by Crippen LogP contribution is 2.04. The van der Waals surface area contributed by atoms with Crippen molar-refractivity contribution in [3.8, 4) is 0 Å². The number of hydrogen-bond donors (Lipinski definition) is 2. The number of ether oxygens (including phenoxy) is 1. The fourth-order valence-corrected chi connectivity index (χ4v) is 1.69. The van der Waals surface area contributed by atoms with Crippen LogP contribution in [0.4, 0.5) is 0 Å². The van der Waals surface area contributed by atoms with Gasteiger partial charge in [-0.15, -0.1) is 0 Å². The minimum absolute atomic E-state index is 0.500. The second-order valence-electron chi connectivity index (χ2n) is 5.14. The first-order chi connectivity index (χ1) is 10.1. The highest BCUT2D eigenvalue weighted by atomic mass is 35.5. The van der Waals surface area contributed by atoms with Gasteiger partial charge in [-0.1, -0.05) is 31.5 Å². The normalized spacial score (nSPS) is 11.8. The van der Waals surface area contributed by atoms with Gasteiger partial charge in [-0.2, -0.15) is 0 Å². The van der Waals surface area contributed by atoms with Gasteiger partial charge < -0.3 is 15.4 Å². The van der Waals surface area contributed by atoms with Gasteiger partial charge in [0.05, 0.1) is 6.61 Å². The molecule has 6 heteroatoms. The van der Waals surface area contributed by atoms with Gasteiger partial charge in [-0.25, -0.2) is 4.98 Å². The maximum atomic E-state index is 5.75. The SMILES string of the molecule is CN=C(NCCOCCC(C)C)NCc1ccc(Cl)nc1. The summed E-state index contributed by atoms with van der Waals surface area (Å²) in [5.74, 6) is 1.43. The summed E-state index contributed by atoms with van der Waals surface area (Å²) in [5, 5.41) is 6.92. The molecule has 0 bridgehead atoms. The molecule has 0 aliphatic rings. The summed E-state index contributed by atoms with van der Waals surface area (Å²) in [4.78, 5) is 8.20. The Morgan fingerprint density at radius 2 is 2.14 bits per heavy atom. The topological polar surface area (TPSA) is 58.5 Å². The highest BCUT2D eigenvalue weighted by molar-refractivity contribution is 6.29. The average Bonchev–Trinajstić information content (AvgIpc) is 2.47. The van der Waals surface area contributed by atoms with E-state index in [2.05, 4.69) is 34.5 Å². The van der Waals surface area contributed by atoms with E-state index in [0.717, 1.165) is 31.1 Å². The number of pyridine rings is 1. The number of nitrogens with one attached hydrogen (secondary N) is 2. The van der Waals surface area contributed by atoms with Crippen molar-refractivity contribution in [1.29, 1.82) is 0 Å². The van der Waals surface area contributed by atoms with Gasteiger partial charge in [-0.05, 0) is 24.0 Å². The van der Waals surface area contributed by atoms with Crippen LogP contribution in [0.5, 0.6) is 0 Å². The molecule has 0 atom stereocenters. The zero-order valence-corrected chi connectivity index (χ0v) is 13.8. The van der Waals surface area contributed by atoms with Crippen LogP contribution >= 0.6 is 11.6 Å². The van der Waals surface area contributed by atoms with Crippen LogP contribution in [0, 0.1) is 5.92 Å². The highest BCUT2D eigenvalue weighted by Gasteiger charge is 1.99. The van der Waals surface area contributed by atoms with Crippen LogP contribution in [-0.2, 0) is 11.3 Å². The Bertz CT molecular complexity index is 420. The van der Waals surface area contributed by atoms with Gasteiger partial charge in [0.15, 0.2) is 5.96 Å². The van der Waals surface area contributed by atoms with Crippen molar-refractivity contribution in [2.75, 3.05) is 26.8 Å². The molecule has 2 N–H and O–H groups in total. The maximum Gasteiger partial charge on any atom is 0.191 e. The lowest BCUT2D eigenvalue weighted by atomic mass is 10.1. The molecule has 1 heterocycles. The molecular formula is C15H25ClN4O. The van der Waals surface area contributed by atoms with Crippen molar-refractivity contribution in [2.24, 2.45) is 10.9 Å². The molecule has 0 aliphatic heterocycles. The van der Waals surface area contributed by atoms with Crippen molar-refractivity contribution in [3.63, 3.8) is 0 Å². The molecule has 0 spiro atoms. The van der Waals surface area contributed by atoms with E-state index in [1.54, 1.807) is 19.3 Å². The second-order valence-corrected chi connectivity index (χ2v) is 5.52. The summed E-state index contributed by atoms with van der Waals surface area (Å²) in [6, 6.07) is 3.71. The molecule has 0 radical (unpaired) electrons. The summed E-state index contributed by atoms with van der Waals surface area (Å²) < 4.78 is 5.55. The first kappa shape index (κ1) is 17.7. The van der Waals surface area contributed by atoms with E-state index in [0.29, 0.717) is 24.2 Å². The summed E-state index contributed by atoms with van der Waals surface area (Å²) in [6.45, 7) is 7.25. The van der Waals surface area contributed by atoms with E-state index in [9.17, 15) is 0 Å². The Labute approximate surface area is 132 Å². The summed E-state index contributed by atoms with van der Waals surface area (Å²) in [6.07, 6.45) is 2.84. The Morgan fingerprint density at radius 3 is 2.76 bits per heavy atom. The fourth-order valence-electron chi connectivity index (χ4n) is 1.58. The smallest absolute Gasteiger partial charge is 0.191 e. The zero-order chi connectivity index (χ0) is 15.5. The van der Waals surface area contributed by atoms with Crippen LogP contribution in [0.15, 0.2) is 23.3 Å². The molecule has 0 fully saturated rings. The van der Waals surface area contributed by atoms with Crippen LogP contribution in [0.1, 0.15) is 25.8 Å². The van der Waals surface area contributed by atoms with Crippen LogP contribution in [-0.4, -0.2) is 37.7 Å². The molecule has 118 valence electrons. The molecule has 1 rings (SSSR count). The third kappa shape index (κ3) is 8.52. The predicted molar refractivity (Wildman–Crippen MR) is 87.7 cm³/mol. The van der Waals surface area contributed by atoms with Gasteiger partial charge in [0.1, 0.15) is 5.15 Å². The molecule has 0 saturated carbocycles. The number of nitrogens with zero attached hydrogens (tertiary/aromatic N) is 2. The standard InChI is InChI=1S/C15H25ClN4O/c1-12(2)6-8-21-9-7-18-15(17-3)20-11-13-4-5-14(16)19-10-13/h4-5,10,12H,6-9,11H2,1-3H3,(H2,17,18,20). The minimum Gasteiger partial charge on any atom is -0.380 e. The first-order valence-corrected chi connectivity index (χ1v) is 7.62. The monoisotopic (exact) mass is 312 g/mol. The van der Waals surface area contributed by atoms with Crippen molar-refractivity contribution in [2.45, 2.75) is 26.8 Å². The van der Waals surface area contributed by atoms with E-state index in [1.165, 1.54) is 0 Å². The average molecular weight is 313 g/mol. The van der Waals surface area contributed by atoms with E-state index < -0.39 is 0 Å². The largest absolute Gasteiger partial charge is 0.380 e.